The van der Waals surface area contributed by atoms with Crippen LogP contribution in [0.5, 0.6) is 0 Å². The number of rotatable bonds is 2. The molecule has 0 atom stereocenters. The van der Waals surface area contributed by atoms with Gasteiger partial charge < -0.3 is 10.2 Å². The number of carbonyl (C=O) groups is 2. The summed E-state index contributed by atoms with van der Waals surface area (Å²) in [5, 5.41) is 23.9. The Bertz CT molecular complexity index is 1600. The fraction of sp³-hybridized carbons (Fsp3) is 0. The van der Waals surface area contributed by atoms with Crippen LogP contribution in [0.3, 0.4) is 0 Å². The van der Waals surface area contributed by atoms with Gasteiger partial charge in [0, 0.05) is 42.0 Å². The van der Waals surface area contributed by atoms with Crippen molar-refractivity contribution in [3.8, 4) is 0 Å². The quantitative estimate of drug-likeness (QED) is 0.197. The van der Waals surface area contributed by atoms with Gasteiger partial charge in [0.2, 0.25) is 0 Å². The van der Waals surface area contributed by atoms with Crippen molar-refractivity contribution in [1.82, 2.24) is 9.97 Å². The van der Waals surface area contributed by atoms with E-state index >= 15 is 0 Å². The molecule has 35 heavy (non-hydrogen) atoms. The summed E-state index contributed by atoms with van der Waals surface area (Å²) in [5.74, 6) is -2.00. The summed E-state index contributed by atoms with van der Waals surface area (Å²) in [5.41, 5.74) is 1.63. The van der Waals surface area contributed by atoms with Gasteiger partial charge in [-0.1, -0.05) is 84.9 Å². The predicted molar refractivity (Wildman–Crippen MR) is 132 cm³/mol. The monoisotopic (exact) mass is 552 g/mol. The average Bonchev–Trinajstić information content (AvgIpc) is 2.88. The summed E-state index contributed by atoms with van der Waals surface area (Å²) in [6.07, 6.45) is 0. The topological polar surface area (TPSA) is 100 Å². The number of pyridine rings is 2. The van der Waals surface area contributed by atoms with Gasteiger partial charge in [0.15, 0.2) is 0 Å². The summed E-state index contributed by atoms with van der Waals surface area (Å²) >= 11 is 0. The largest absolute Gasteiger partial charge is 0.477 e. The number of hydrogen-bond acceptors (Lipinski definition) is 4. The Labute approximate surface area is 213 Å². The van der Waals surface area contributed by atoms with Crippen molar-refractivity contribution in [1.29, 1.82) is 0 Å². The molecule has 0 aliphatic rings. The molecule has 0 aliphatic heterocycles. The van der Waals surface area contributed by atoms with Crippen LogP contribution in [0.15, 0.2) is 97.1 Å². The van der Waals surface area contributed by atoms with E-state index in [-0.39, 0.29) is 31.8 Å². The summed E-state index contributed by atoms with van der Waals surface area (Å²) in [4.78, 5) is 30.2. The van der Waals surface area contributed by atoms with Crippen molar-refractivity contribution < 1.29 is 40.2 Å². The minimum Gasteiger partial charge on any atom is -0.477 e. The molecular formula is C28H18N2O4Pd. The van der Waals surface area contributed by atoms with Gasteiger partial charge >= 0.3 is 11.9 Å². The van der Waals surface area contributed by atoms with Crippen molar-refractivity contribution in [2.75, 3.05) is 0 Å². The molecule has 2 aromatic heterocycles. The molecule has 0 aliphatic carbocycles. The zero-order valence-corrected chi connectivity index (χ0v) is 19.7. The molecule has 0 amide bonds. The van der Waals surface area contributed by atoms with Crippen LogP contribution >= 0.6 is 0 Å². The third-order valence-electron chi connectivity index (χ3n) is 5.61. The Hall–Kier alpha value is -4.18. The summed E-state index contributed by atoms with van der Waals surface area (Å²) in [7, 11) is 0. The Kier molecular flexibility index (Phi) is 6.83. The van der Waals surface area contributed by atoms with Gasteiger partial charge in [-0.05, 0) is 22.9 Å². The van der Waals surface area contributed by atoms with Crippen LogP contribution in [0.1, 0.15) is 21.0 Å². The molecule has 2 heterocycles. The van der Waals surface area contributed by atoms with Crippen LogP contribution in [0.25, 0.3) is 43.4 Å². The average molecular weight is 553 g/mol. The first-order valence-electron chi connectivity index (χ1n) is 10.5. The van der Waals surface area contributed by atoms with Crippen molar-refractivity contribution in [3.05, 3.63) is 108 Å². The summed E-state index contributed by atoms with van der Waals surface area (Å²) in [6.45, 7) is 0. The summed E-state index contributed by atoms with van der Waals surface area (Å²) in [6, 6.07) is 30.2. The molecule has 0 spiro atoms. The van der Waals surface area contributed by atoms with Crippen LogP contribution in [0.4, 0.5) is 0 Å². The van der Waals surface area contributed by atoms with Gasteiger partial charge in [0.05, 0.1) is 11.0 Å². The molecule has 0 fully saturated rings. The van der Waals surface area contributed by atoms with Crippen LogP contribution < -0.4 is 0 Å². The molecule has 0 unspecified atom stereocenters. The smallest absolute Gasteiger partial charge is 0.354 e. The van der Waals surface area contributed by atoms with Crippen LogP contribution in [-0.2, 0) is 20.4 Å². The minimum absolute atomic E-state index is 0. The third kappa shape index (κ3) is 4.74. The number of fused-ring (bicyclic) bond motifs is 6. The molecule has 6 nitrogen and oxygen atoms in total. The van der Waals surface area contributed by atoms with E-state index in [0.29, 0.717) is 0 Å². The number of carboxylic acids is 2. The van der Waals surface area contributed by atoms with Crippen molar-refractivity contribution in [3.63, 3.8) is 0 Å². The van der Waals surface area contributed by atoms with E-state index in [1.807, 2.05) is 72.8 Å². The van der Waals surface area contributed by atoms with E-state index < -0.39 is 11.9 Å². The fourth-order valence-electron chi connectivity index (χ4n) is 3.95. The number of hydrogen-bond donors (Lipinski definition) is 2. The van der Waals surface area contributed by atoms with E-state index in [9.17, 15) is 9.59 Å². The first-order chi connectivity index (χ1) is 16.5. The normalized spacial score (nSPS) is 10.5. The molecule has 2 N–H and O–H groups in total. The molecule has 0 bridgehead atoms. The number of nitrogens with zero attached hydrogens (tertiary/aromatic N) is 2. The number of carboxylic acid groups (broad SMARTS) is 2. The van der Waals surface area contributed by atoms with Crippen LogP contribution in [0, 0.1) is 0 Å². The number of benzene rings is 4. The molecule has 4 aromatic carbocycles. The molecule has 6 rings (SSSR count). The second kappa shape index (κ2) is 9.98. The van der Waals surface area contributed by atoms with Gasteiger partial charge in [-0.2, -0.15) is 0 Å². The second-order valence-corrected chi connectivity index (χ2v) is 7.72. The Morgan fingerprint density at radius 3 is 1.23 bits per heavy atom. The van der Waals surface area contributed by atoms with Gasteiger partial charge in [0.1, 0.15) is 11.4 Å². The van der Waals surface area contributed by atoms with E-state index in [1.165, 1.54) is 12.1 Å². The van der Waals surface area contributed by atoms with E-state index in [1.54, 1.807) is 12.1 Å². The minimum atomic E-state index is -1.00. The first-order valence-corrected chi connectivity index (χ1v) is 10.5. The van der Waals surface area contributed by atoms with Gasteiger partial charge in [-0.15, -0.1) is 0 Å². The van der Waals surface area contributed by atoms with Gasteiger partial charge in [-0.25, -0.2) is 19.6 Å². The van der Waals surface area contributed by atoms with Gasteiger partial charge in [-0.3, -0.25) is 0 Å². The van der Waals surface area contributed by atoms with E-state index in [4.69, 9.17) is 10.2 Å². The second-order valence-electron chi connectivity index (χ2n) is 7.72. The van der Waals surface area contributed by atoms with Gasteiger partial charge in [0.25, 0.3) is 0 Å². The fourth-order valence-corrected chi connectivity index (χ4v) is 3.95. The van der Waals surface area contributed by atoms with Crippen molar-refractivity contribution in [2.24, 2.45) is 0 Å². The molecule has 0 radical (unpaired) electrons. The number of aromatic carboxylic acids is 2. The predicted octanol–water partition coefficient (Wildman–Crippen LogP) is 6.17. The molecule has 0 saturated carbocycles. The molecule has 7 heteroatoms. The maximum absolute atomic E-state index is 10.9. The van der Waals surface area contributed by atoms with Crippen LogP contribution in [0.2, 0.25) is 0 Å². The SMILES string of the molecule is O=C(O)c1ccc2ccc3ccccc3c2n1.O=C(O)c1ccc2ccc3ccccc3c2n1.[Pd]. The maximum atomic E-state index is 10.9. The van der Waals surface area contributed by atoms with Crippen LogP contribution in [-0.4, -0.2) is 32.1 Å². The molecule has 174 valence electrons. The molecule has 0 saturated heterocycles. The Morgan fingerprint density at radius 2 is 0.829 bits per heavy atom. The first kappa shape index (κ1) is 24.0. The summed E-state index contributed by atoms with van der Waals surface area (Å²) < 4.78 is 0. The molecular weight excluding hydrogens is 535 g/mol. The standard InChI is InChI=1S/2C14H9NO2.Pd/c2*16-14(17)12-8-7-10-6-5-9-3-1-2-4-11(9)13(10)15-12;/h2*1-8H,(H,16,17);. The van der Waals surface area contributed by atoms with E-state index in [0.717, 1.165) is 43.4 Å². The Morgan fingerprint density at radius 1 is 0.486 bits per heavy atom. The van der Waals surface area contributed by atoms with Crippen molar-refractivity contribution in [2.45, 2.75) is 0 Å². The van der Waals surface area contributed by atoms with Crippen molar-refractivity contribution >= 4 is 55.3 Å². The maximum Gasteiger partial charge on any atom is 0.354 e. The zero-order valence-electron chi connectivity index (χ0n) is 18.2. The van der Waals surface area contributed by atoms with E-state index in [2.05, 4.69) is 9.97 Å². The Balaban J connectivity index is 0.000000160. The molecule has 6 aromatic rings. The number of aromatic nitrogens is 2. The third-order valence-corrected chi connectivity index (χ3v) is 5.61. The zero-order chi connectivity index (χ0) is 23.7.